The maximum Gasteiger partial charge on any atom is 0.401 e. The Hall–Kier alpha value is -2.04. The molecule has 0 N–H and O–H groups in total. The van der Waals surface area contributed by atoms with Crippen molar-refractivity contribution in [1.82, 2.24) is 19.7 Å². The highest BCUT2D eigenvalue weighted by Gasteiger charge is 2.39. The van der Waals surface area contributed by atoms with E-state index < -0.39 is 24.6 Å². The van der Waals surface area contributed by atoms with Gasteiger partial charge in [-0.25, -0.2) is 9.07 Å². The third-order valence-electron chi connectivity index (χ3n) is 6.14. The highest BCUT2D eigenvalue weighted by Crippen LogP contribution is 2.40. The van der Waals surface area contributed by atoms with Gasteiger partial charge in [0.15, 0.2) is 6.23 Å². The Balaban J connectivity index is 1.62. The van der Waals surface area contributed by atoms with Crippen molar-refractivity contribution >= 4 is 26.8 Å². The van der Waals surface area contributed by atoms with Crippen molar-refractivity contribution in [2.24, 2.45) is 0 Å². The summed E-state index contributed by atoms with van der Waals surface area (Å²) in [5, 5.41) is 5.40. The van der Waals surface area contributed by atoms with E-state index in [9.17, 15) is 17.6 Å². The quantitative estimate of drug-likeness (QED) is 0.432. The highest BCUT2D eigenvalue weighted by atomic mass is 79.9. The van der Waals surface area contributed by atoms with Gasteiger partial charge in [-0.15, -0.1) is 0 Å². The molecule has 2 aliphatic heterocycles. The Labute approximate surface area is 190 Å². The average Bonchev–Trinajstić information content (AvgIpc) is 3.18. The molecule has 1 saturated heterocycles. The monoisotopic (exact) mass is 512 g/mol. The predicted molar refractivity (Wildman–Crippen MR) is 114 cm³/mol. The van der Waals surface area contributed by atoms with Crippen LogP contribution in [0.15, 0.2) is 35.1 Å². The Morgan fingerprint density at radius 2 is 2.03 bits per heavy atom. The van der Waals surface area contributed by atoms with Crippen molar-refractivity contribution in [1.29, 1.82) is 0 Å². The van der Waals surface area contributed by atoms with Gasteiger partial charge in [-0.1, -0.05) is 6.07 Å². The number of halogens is 5. The first kappa shape index (κ1) is 21.8. The van der Waals surface area contributed by atoms with E-state index in [4.69, 9.17) is 4.74 Å². The van der Waals surface area contributed by atoms with E-state index in [2.05, 4.69) is 26.0 Å². The van der Waals surface area contributed by atoms with Crippen LogP contribution in [0, 0.1) is 5.82 Å². The van der Waals surface area contributed by atoms with E-state index in [-0.39, 0.29) is 18.5 Å². The van der Waals surface area contributed by atoms with Crippen molar-refractivity contribution in [2.75, 3.05) is 19.7 Å². The van der Waals surface area contributed by atoms with Crippen molar-refractivity contribution in [2.45, 2.75) is 44.1 Å². The molecule has 2 aliphatic rings. The Morgan fingerprint density at radius 1 is 1.19 bits per heavy atom. The van der Waals surface area contributed by atoms with Crippen LogP contribution in [0.2, 0.25) is 0 Å². The lowest BCUT2D eigenvalue weighted by Crippen LogP contribution is -2.42. The van der Waals surface area contributed by atoms with Crippen LogP contribution in [0.4, 0.5) is 17.6 Å². The van der Waals surface area contributed by atoms with Gasteiger partial charge in [-0.05, 0) is 64.9 Å². The van der Waals surface area contributed by atoms with E-state index in [0.29, 0.717) is 23.1 Å². The first-order valence-corrected chi connectivity index (χ1v) is 11.3. The van der Waals surface area contributed by atoms with E-state index in [1.54, 1.807) is 12.3 Å². The van der Waals surface area contributed by atoms with Gasteiger partial charge < -0.3 is 4.74 Å². The summed E-state index contributed by atoms with van der Waals surface area (Å²) in [6.07, 6.45) is 1.95. The minimum Gasteiger partial charge on any atom is -0.356 e. The smallest absolute Gasteiger partial charge is 0.356 e. The zero-order valence-electron chi connectivity index (χ0n) is 17.1. The lowest BCUT2D eigenvalue weighted by Gasteiger charge is -2.37. The molecule has 4 heterocycles. The number of nitrogens with zero attached hydrogens (tertiary/aromatic N) is 4. The molecule has 1 fully saturated rings. The van der Waals surface area contributed by atoms with Crippen LogP contribution in [-0.4, -0.2) is 45.5 Å². The fraction of sp³-hybridized carbons (Fsp3) is 0.455. The Kier molecular flexibility index (Phi) is 5.71. The largest absolute Gasteiger partial charge is 0.401 e. The number of aromatic nitrogens is 3. The SMILES string of the molecule is Fc1cc(Br)cnc1C1c2ccc3c(cnn3C3CCCCO3)c2CCN1CC(F)(F)F. The first-order valence-electron chi connectivity index (χ1n) is 10.5. The van der Waals surface area contributed by atoms with Gasteiger partial charge in [-0.3, -0.25) is 9.88 Å². The molecule has 0 spiro atoms. The van der Waals surface area contributed by atoms with Gasteiger partial charge in [0.1, 0.15) is 5.82 Å². The number of benzene rings is 1. The molecule has 170 valence electrons. The van der Waals surface area contributed by atoms with Crippen molar-refractivity contribution in [3.63, 3.8) is 0 Å². The minimum absolute atomic E-state index is 0.0132. The lowest BCUT2D eigenvalue weighted by molar-refractivity contribution is -0.150. The average molecular weight is 513 g/mol. The second-order valence-electron chi connectivity index (χ2n) is 8.24. The highest BCUT2D eigenvalue weighted by molar-refractivity contribution is 9.10. The number of hydrogen-bond donors (Lipinski definition) is 0. The van der Waals surface area contributed by atoms with E-state index in [1.807, 2.05) is 10.7 Å². The van der Waals surface area contributed by atoms with Gasteiger partial charge in [0.05, 0.1) is 30.0 Å². The summed E-state index contributed by atoms with van der Waals surface area (Å²) in [4.78, 5) is 5.42. The van der Waals surface area contributed by atoms with E-state index >= 15 is 0 Å². The zero-order chi connectivity index (χ0) is 22.5. The number of fused-ring (bicyclic) bond motifs is 3. The summed E-state index contributed by atoms with van der Waals surface area (Å²) in [7, 11) is 0. The number of hydrogen-bond acceptors (Lipinski definition) is 4. The number of pyridine rings is 1. The Bertz CT molecular complexity index is 1140. The predicted octanol–water partition coefficient (Wildman–Crippen LogP) is 5.54. The maximum absolute atomic E-state index is 14.9. The molecule has 32 heavy (non-hydrogen) atoms. The van der Waals surface area contributed by atoms with Crippen LogP contribution < -0.4 is 0 Å². The normalized spacial score (nSPS) is 22.3. The van der Waals surface area contributed by atoms with E-state index in [0.717, 1.165) is 35.7 Å². The molecule has 2 atom stereocenters. The fourth-order valence-corrected chi connectivity index (χ4v) is 5.11. The molecule has 2 unspecified atom stereocenters. The van der Waals surface area contributed by atoms with Crippen LogP contribution in [0.1, 0.15) is 48.4 Å². The lowest BCUT2D eigenvalue weighted by atomic mass is 9.88. The molecule has 10 heteroatoms. The number of rotatable bonds is 3. The minimum atomic E-state index is -4.41. The summed E-state index contributed by atoms with van der Waals surface area (Å²) in [5.41, 5.74) is 2.38. The molecule has 0 bridgehead atoms. The molecule has 0 saturated carbocycles. The summed E-state index contributed by atoms with van der Waals surface area (Å²) in [6.45, 7) is -0.319. The van der Waals surface area contributed by atoms with E-state index in [1.165, 1.54) is 17.2 Å². The van der Waals surface area contributed by atoms with Gasteiger partial charge in [0.25, 0.3) is 0 Å². The van der Waals surface area contributed by atoms with Gasteiger partial charge in [0, 0.05) is 29.2 Å². The molecular weight excluding hydrogens is 492 g/mol. The second kappa shape index (κ2) is 8.39. The van der Waals surface area contributed by atoms with Gasteiger partial charge in [0.2, 0.25) is 0 Å². The molecule has 2 aromatic heterocycles. The zero-order valence-corrected chi connectivity index (χ0v) is 18.7. The van der Waals surface area contributed by atoms with Crippen LogP contribution in [0.25, 0.3) is 10.9 Å². The maximum atomic E-state index is 14.9. The van der Waals surface area contributed by atoms with Gasteiger partial charge >= 0.3 is 6.18 Å². The molecule has 5 rings (SSSR count). The summed E-state index contributed by atoms with van der Waals surface area (Å²) >= 11 is 3.17. The fourth-order valence-electron chi connectivity index (χ4n) is 4.80. The third kappa shape index (κ3) is 4.04. The summed E-state index contributed by atoms with van der Waals surface area (Å²) < 4.78 is 63.0. The third-order valence-corrected chi connectivity index (χ3v) is 6.58. The molecule has 0 aliphatic carbocycles. The van der Waals surface area contributed by atoms with Crippen LogP contribution in [0.3, 0.4) is 0 Å². The van der Waals surface area contributed by atoms with Crippen LogP contribution >= 0.6 is 15.9 Å². The topological polar surface area (TPSA) is 43.2 Å². The summed E-state index contributed by atoms with van der Waals surface area (Å²) in [6, 6.07) is 3.93. The van der Waals surface area contributed by atoms with Crippen molar-refractivity contribution in [3.05, 3.63) is 57.7 Å². The summed E-state index contributed by atoms with van der Waals surface area (Å²) in [5.74, 6) is -0.643. The molecule has 0 amide bonds. The number of ether oxygens (including phenoxy) is 1. The number of alkyl halides is 3. The molecule has 3 aromatic rings. The first-order chi connectivity index (χ1) is 15.3. The van der Waals surface area contributed by atoms with Gasteiger partial charge in [-0.2, -0.15) is 18.3 Å². The Morgan fingerprint density at radius 3 is 2.75 bits per heavy atom. The molecule has 5 nitrogen and oxygen atoms in total. The molecule has 0 radical (unpaired) electrons. The van der Waals surface area contributed by atoms with Crippen LogP contribution in [0.5, 0.6) is 0 Å². The molecular formula is C22H21BrF4N4O. The second-order valence-corrected chi connectivity index (χ2v) is 9.15. The van der Waals surface area contributed by atoms with Crippen LogP contribution in [-0.2, 0) is 11.2 Å². The van der Waals surface area contributed by atoms with Crippen molar-refractivity contribution < 1.29 is 22.3 Å². The van der Waals surface area contributed by atoms with Crippen molar-refractivity contribution in [3.8, 4) is 0 Å². The molecule has 1 aromatic carbocycles. The standard InChI is InChI=1S/C22H21BrF4N4O/c23-13-9-17(24)20(28-10-13)21-15-4-5-18-16(11-29-31(18)19-3-1-2-8-32-19)14(15)6-7-30(21)12-22(25,26)27/h4-5,9-11,19,21H,1-3,6-8,12H2.